The first-order chi connectivity index (χ1) is 14.7. The first-order valence-electron chi connectivity index (χ1n) is 11.7. The van der Waals surface area contributed by atoms with Crippen LogP contribution in [-0.4, -0.2) is 74.8 Å². The molecule has 1 N–H and O–H groups in total. The van der Waals surface area contributed by atoms with E-state index in [1.807, 2.05) is 6.07 Å². The van der Waals surface area contributed by atoms with Gasteiger partial charge in [0.25, 0.3) is 0 Å². The smallest absolute Gasteiger partial charge is 0.194 e. The second kappa shape index (κ2) is 14.2. The number of ether oxygens (including phenoxy) is 2. The summed E-state index contributed by atoms with van der Waals surface area (Å²) in [5.41, 5.74) is 1.19. The summed E-state index contributed by atoms with van der Waals surface area (Å²) in [6.45, 7) is 11.6. The fourth-order valence-corrected chi connectivity index (χ4v) is 4.32. The van der Waals surface area contributed by atoms with Crippen LogP contribution in [-0.2, 0) is 11.3 Å². The number of rotatable bonds is 8. The number of nitrogens with zero attached hydrogens (tertiary/aromatic N) is 3. The largest absolute Gasteiger partial charge is 0.492 e. The van der Waals surface area contributed by atoms with Gasteiger partial charge in [-0.1, -0.05) is 19.1 Å². The second-order valence-electron chi connectivity index (χ2n) is 8.68. The zero-order chi connectivity index (χ0) is 21.2. The molecule has 2 aliphatic heterocycles. The van der Waals surface area contributed by atoms with Gasteiger partial charge in [0, 0.05) is 45.4 Å². The molecular weight excluding hydrogens is 503 g/mol. The van der Waals surface area contributed by atoms with Gasteiger partial charge in [-0.2, -0.15) is 0 Å². The van der Waals surface area contributed by atoms with Gasteiger partial charge in [-0.05, 0) is 63.3 Å². The Morgan fingerprint density at radius 3 is 2.84 bits per heavy atom. The summed E-state index contributed by atoms with van der Waals surface area (Å²) in [5, 5.41) is 3.47. The van der Waals surface area contributed by atoms with Gasteiger partial charge in [-0.3, -0.25) is 4.90 Å². The lowest BCUT2D eigenvalue weighted by Crippen LogP contribution is -2.46. The highest BCUT2D eigenvalue weighted by Crippen LogP contribution is 2.18. The Morgan fingerprint density at radius 2 is 2.10 bits per heavy atom. The van der Waals surface area contributed by atoms with Crippen molar-refractivity contribution in [1.29, 1.82) is 0 Å². The third kappa shape index (κ3) is 8.77. The zero-order valence-corrected chi connectivity index (χ0v) is 21.8. The Kier molecular flexibility index (Phi) is 12.0. The maximum atomic E-state index is 6.05. The molecule has 1 aromatic rings. The highest BCUT2D eigenvalue weighted by atomic mass is 127. The number of benzene rings is 1. The Labute approximate surface area is 205 Å². The SMILES string of the molecule is CCNC(=NCc1cccc(OCCN(C)C2CCOCC2)c1)N1CCCC(C)C1.I. The van der Waals surface area contributed by atoms with Gasteiger partial charge >= 0.3 is 0 Å². The standard InChI is InChI=1S/C24H40N4O2.HI/c1-4-25-24(28-12-6-7-20(2)19-28)26-18-21-8-5-9-23(17-21)30-16-13-27(3)22-10-14-29-15-11-22;/h5,8-9,17,20,22H,4,6-7,10-16,18-19H2,1-3H3,(H,25,26);1H. The molecule has 1 unspecified atom stereocenters. The molecule has 176 valence electrons. The van der Waals surface area contributed by atoms with Gasteiger partial charge in [0.1, 0.15) is 12.4 Å². The number of nitrogens with one attached hydrogen (secondary N) is 1. The lowest BCUT2D eigenvalue weighted by molar-refractivity contribution is 0.0392. The molecule has 2 saturated heterocycles. The summed E-state index contributed by atoms with van der Waals surface area (Å²) in [6.07, 6.45) is 4.80. The molecule has 2 heterocycles. The zero-order valence-electron chi connectivity index (χ0n) is 19.5. The quantitative estimate of drug-likeness (QED) is 0.305. The van der Waals surface area contributed by atoms with Crippen LogP contribution in [0.5, 0.6) is 5.75 Å². The fourth-order valence-electron chi connectivity index (χ4n) is 4.32. The number of likely N-dealkylation sites (tertiary alicyclic amines) is 1. The van der Waals surface area contributed by atoms with Crippen LogP contribution in [0.25, 0.3) is 0 Å². The minimum Gasteiger partial charge on any atom is -0.492 e. The van der Waals surface area contributed by atoms with Crippen LogP contribution in [0, 0.1) is 5.92 Å². The molecule has 0 amide bonds. The third-order valence-electron chi connectivity index (χ3n) is 6.13. The van der Waals surface area contributed by atoms with Crippen LogP contribution in [0.1, 0.15) is 45.1 Å². The van der Waals surface area contributed by atoms with Gasteiger partial charge in [0.2, 0.25) is 0 Å². The monoisotopic (exact) mass is 544 g/mol. The molecule has 2 fully saturated rings. The number of guanidine groups is 1. The normalized spacial score (nSPS) is 20.5. The predicted molar refractivity (Wildman–Crippen MR) is 139 cm³/mol. The second-order valence-corrected chi connectivity index (χ2v) is 8.68. The average Bonchev–Trinajstić information content (AvgIpc) is 2.77. The summed E-state index contributed by atoms with van der Waals surface area (Å²) in [6, 6.07) is 8.98. The fraction of sp³-hybridized carbons (Fsp3) is 0.708. The van der Waals surface area contributed by atoms with E-state index >= 15 is 0 Å². The van der Waals surface area contributed by atoms with Crippen molar-refractivity contribution in [2.75, 3.05) is 53.0 Å². The minimum absolute atomic E-state index is 0. The van der Waals surface area contributed by atoms with E-state index < -0.39 is 0 Å². The molecule has 0 saturated carbocycles. The summed E-state index contributed by atoms with van der Waals surface area (Å²) < 4.78 is 11.5. The molecule has 0 bridgehead atoms. The lowest BCUT2D eigenvalue weighted by atomic mass is 10.0. The minimum atomic E-state index is 0. The molecule has 31 heavy (non-hydrogen) atoms. The molecule has 0 aliphatic carbocycles. The van der Waals surface area contributed by atoms with Crippen molar-refractivity contribution in [3.8, 4) is 5.75 Å². The van der Waals surface area contributed by atoms with Gasteiger partial charge < -0.3 is 19.7 Å². The van der Waals surface area contributed by atoms with Crippen molar-refractivity contribution in [1.82, 2.24) is 15.1 Å². The molecule has 2 aliphatic rings. The predicted octanol–water partition coefficient (Wildman–Crippen LogP) is 3.99. The maximum Gasteiger partial charge on any atom is 0.194 e. The number of hydrogen-bond acceptors (Lipinski definition) is 4. The van der Waals surface area contributed by atoms with Crippen LogP contribution in [0.4, 0.5) is 0 Å². The van der Waals surface area contributed by atoms with Crippen molar-refractivity contribution >= 4 is 29.9 Å². The van der Waals surface area contributed by atoms with Crippen molar-refractivity contribution in [3.05, 3.63) is 29.8 Å². The average molecular weight is 545 g/mol. The Bertz CT molecular complexity index is 667. The molecule has 3 rings (SSSR count). The van der Waals surface area contributed by atoms with Crippen molar-refractivity contribution in [2.24, 2.45) is 10.9 Å². The van der Waals surface area contributed by atoms with Crippen LogP contribution < -0.4 is 10.1 Å². The lowest BCUT2D eigenvalue weighted by Gasteiger charge is -2.33. The molecule has 0 spiro atoms. The number of likely N-dealkylation sites (N-methyl/N-ethyl adjacent to an activating group) is 1. The van der Waals surface area contributed by atoms with E-state index in [9.17, 15) is 0 Å². The van der Waals surface area contributed by atoms with E-state index in [1.54, 1.807) is 0 Å². The Morgan fingerprint density at radius 1 is 1.29 bits per heavy atom. The number of aliphatic imine (C=N–C) groups is 1. The highest BCUT2D eigenvalue weighted by molar-refractivity contribution is 14.0. The molecule has 1 atom stereocenters. The van der Waals surface area contributed by atoms with E-state index in [-0.39, 0.29) is 24.0 Å². The van der Waals surface area contributed by atoms with Gasteiger partial charge in [0.15, 0.2) is 5.96 Å². The van der Waals surface area contributed by atoms with Gasteiger partial charge in [-0.25, -0.2) is 4.99 Å². The summed E-state index contributed by atoms with van der Waals surface area (Å²) in [7, 11) is 2.19. The van der Waals surface area contributed by atoms with Crippen LogP contribution in [0.15, 0.2) is 29.3 Å². The summed E-state index contributed by atoms with van der Waals surface area (Å²) in [5.74, 6) is 2.70. The molecule has 0 aromatic heterocycles. The maximum absolute atomic E-state index is 6.05. The van der Waals surface area contributed by atoms with E-state index in [2.05, 4.69) is 54.2 Å². The van der Waals surface area contributed by atoms with E-state index in [1.165, 1.54) is 18.4 Å². The van der Waals surface area contributed by atoms with Crippen molar-refractivity contribution in [2.45, 2.75) is 52.1 Å². The number of hydrogen-bond donors (Lipinski definition) is 1. The Hall–Kier alpha value is -1.06. The first-order valence-corrected chi connectivity index (χ1v) is 11.7. The Balaban J connectivity index is 0.00000341. The van der Waals surface area contributed by atoms with Crippen LogP contribution in [0.2, 0.25) is 0 Å². The number of halogens is 1. The van der Waals surface area contributed by atoms with Gasteiger partial charge in [-0.15, -0.1) is 24.0 Å². The summed E-state index contributed by atoms with van der Waals surface area (Å²) >= 11 is 0. The van der Waals surface area contributed by atoms with Crippen molar-refractivity contribution < 1.29 is 9.47 Å². The highest BCUT2D eigenvalue weighted by Gasteiger charge is 2.19. The van der Waals surface area contributed by atoms with Crippen LogP contribution >= 0.6 is 24.0 Å². The van der Waals surface area contributed by atoms with E-state index in [0.29, 0.717) is 19.2 Å². The molecule has 0 radical (unpaired) electrons. The molecule has 6 nitrogen and oxygen atoms in total. The third-order valence-corrected chi connectivity index (χ3v) is 6.13. The van der Waals surface area contributed by atoms with E-state index in [0.717, 1.165) is 69.9 Å². The summed E-state index contributed by atoms with van der Waals surface area (Å²) in [4.78, 5) is 9.72. The van der Waals surface area contributed by atoms with Gasteiger partial charge in [0.05, 0.1) is 6.54 Å². The topological polar surface area (TPSA) is 49.3 Å². The first kappa shape index (κ1) is 26.2. The molecule has 7 heteroatoms. The van der Waals surface area contributed by atoms with E-state index in [4.69, 9.17) is 14.5 Å². The molecule has 1 aromatic carbocycles. The van der Waals surface area contributed by atoms with Crippen LogP contribution in [0.3, 0.4) is 0 Å². The van der Waals surface area contributed by atoms with Crippen molar-refractivity contribution in [3.63, 3.8) is 0 Å². The number of piperidine rings is 1. The molecular formula is C24H41IN4O2.